The first-order chi connectivity index (χ1) is 15.8. The van der Waals surface area contributed by atoms with E-state index in [2.05, 4.69) is 4.98 Å². The molecular weight excluding hydrogens is 457 g/mol. The third-order valence-electron chi connectivity index (χ3n) is 6.75. The molecule has 0 aliphatic carbocycles. The molecule has 2 rings (SSSR count). The van der Waals surface area contributed by atoms with Gasteiger partial charge in [-0.3, -0.25) is 9.59 Å². The van der Waals surface area contributed by atoms with E-state index in [1.165, 1.54) is 17.4 Å². The number of aryl methyl sites for hydroxylation is 1. The number of allylic oxidation sites excluding steroid dienone is 1. The number of aliphatic hydroxyl groups is 2. The van der Waals surface area contributed by atoms with E-state index in [1.54, 1.807) is 26.2 Å². The van der Waals surface area contributed by atoms with E-state index >= 15 is 4.39 Å². The van der Waals surface area contributed by atoms with Crippen LogP contribution in [0.15, 0.2) is 22.9 Å². The van der Waals surface area contributed by atoms with E-state index in [0.717, 1.165) is 29.8 Å². The van der Waals surface area contributed by atoms with Gasteiger partial charge in [0.2, 0.25) is 0 Å². The molecule has 1 aromatic rings. The second-order valence-corrected chi connectivity index (χ2v) is 11.1. The van der Waals surface area contributed by atoms with E-state index in [1.807, 2.05) is 26.8 Å². The van der Waals surface area contributed by atoms with Gasteiger partial charge in [0.15, 0.2) is 6.10 Å². The lowest BCUT2D eigenvalue weighted by Gasteiger charge is -2.34. The maximum absolute atomic E-state index is 15.1. The van der Waals surface area contributed by atoms with E-state index in [0.29, 0.717) is 5.69 Å². The summed E-state index contributed by atoms with van der Waals surface area (Å²) in [6.07, 6.45) is 1.75. The highest BCUT2D eigenvalue weighted by molar-refractivity contribution is 7.09. The minimum absolute atomic E-state index is 0.104. The van der Waals surface area contributed by atoms with Gasteiger partial charge in [-0.05, 0) is 39.0 Å². The Kier molecular flexibility index (Phi) is 10.2. The highest BCUT2D eigenvalue weighted by Crippen LogP contribution is 2.32. The van der Waals surface area contributed by atoms with Crippen LogP contribution in [0.25, 0.3) is 6.08 Å². The van der Waals surface area contributed by atoms with Crippen molar-refractivity contribution in [2.75, 3.05) is 0 Å². The number of rotatable bonds is 2. The molecule has 6 nitrogen and oxygen atoms in total. The zero-order valence-electron chi connectivity index (χ0n) is 21.0. The van der Waals surface area contributed by atoms with Crippen molar-refractivity contribution in [3.63, 3.8) is 0 Å². The number of Topliss-reactive ketones (excluding diaryl/α,β-unsaturated/α-hetero) is 1. The van der Waals surface area contributed by atoms with Gasteiger partial charge >= 0.3 is 5.97 Å². The zero-order valence-corrected chi connectivity index (χ0v) is 21.8. The van der Waals surface area contributed by atoms with Gasteiger partial charge in [0, 0.05) is 23.8 Å². The molecule has 8 heteroatoms. The maximum atomic E-state index is 15.1. The molecule has 1 unspecified atom stereocenters. The number of ketones is 1. The molecule has 34 heavy (non-hydrogen) atoms. The van der Waals surface area contributed by atoms with Crippen molar-refractivity contribution in [1.29, 1.82) is 0 Å². The van der Waals surface area contributed by atoms with E-state index in [9.17, 15) is 19.8 Å². The van der Waals surface area contributed by atoms with Crippen molar-refractivity contribution in [3.05, 3.63) is 33.6 Å². The summed E-state index contributed by atoms with van der Waals surface area (Å²) in [5.74, 6) is -2.55. The van der Waals surface area contributed by atoms with Crippen LogP contribution in [0.3, 0.4) is 0 Å². The first-order valence-corrected chi connectivity index (χ1v) is 12.8. The molecule has 0 bridgehead atoms. The maximum Gasteiger partial charge on any atom is 0.309 e. The molecule has 190 valence electrons. The van der Waals surface area contributed by atoms with Crippen LogP contribution in [0, 0.1) is 24.2 Å². The van der Waals surface area contributed by atoms with Crippen LogP contribution in [0.2, 0.25) is 0 Å². The minimum atomic E-state index is -1.34. The SMILES string of the molecule is CC1=CCC(C(F)=Cc2csc(C)n2)OC(=O)C[C@H](O)C(C)(C)C(=O)[C@H](C)[C@@H](O)[C@@H](C)CCC1. The van der Waals surface area contributed by atoms with E-state index < -0.39 is 47.9 Å². The van der Waals surface area contributed by atoms with Crippen LogP contribution >= 0.6 is 11.3 Å². The van der Waals surface area contributed by atoms with Gasteiger partial charge < -0.3 is 14.9 Å². The van der Waals surface area contributed by atoms with Crippen LogP contribution in [0.1, 0.15) is 77.4 Å². The molecule has 1 aromatic heterocycles. The van der Waals surface area contributed by atoms with Crippen molar-refractivity contribution in [1.82, 2.24) is 4.98 Å². The van der Waals surface area contributed by atoms with Gasteiger partial charge in [-0.15, -0.1) is 11.3 Å². The minimum Gasteiger partial charge on any atom is -0.455 e. The second-order valence-electron chi connectivity index (χ2n) is 10.0. The van der Waals surface area contributed by atoms with Crippen molar-refractivity contribution in [2.45, 2.75) is 92.0 Å². The predicted octanol–water partition coefficient (Wildman–Crippen LogP) is 5.17. The highest BCUT2D eigenvalue weighted by atomic mass is 32.1. The molecule has 0 aromatic carbocycles. The first kappa shape index (κ1) is 28.3. The van der Waals surface area contributed by atoms with Gasteiger partial charge in [0.05, 0.1) is 34.7 Å². The van der Waals surface area contributed by atoms with Crippen molar-refractivity contribution in [2.24, 2.45) is 17.3 Å². The lowest BCUT2D eigenvalue weighted by atomic mass is 9.73. The number of nitrogens with zero attached hydrogens (tertiary/aromatic N) is 1. The van der Waals surface area contributed by atoms with Gasteiger partial charge in [-0.1, -0.05) is 39.3 Å². The first-order valence-electron chi connectivity index (χ1n) is 11.9. The molecule has 1 aliphatic heterocycles. The number of thiazole rings is 1. The molecule has 0 saturated carbocycles. The highest BCUT2D eigenvalue weighted by Gasteiger charge is 2.42. The number of hydrogen-bond acceptors (Lipinski definition) is 7. The fourth-order valence-electron chi connectivity index (χ4n) is 4.20. The molecular formula is C26H38FNO5S. The number of hydrogen-bond donors (Lipinski definition) is 2. The Morgan fingerprint density at radius 1 is 1.26 bits per heavy atom. The molecule has 2 heterocycles. The Balaban J connectivity index is 2.33. The molecule has 2 N–H and O–H groups in total. The van der Waals surface area contributed by atoms with Gasteiger partial charge in [-0.2, -0.15) is 0 Å². The van der Waals surface area contributed by atoms with Crippen molar-refractivity contribution in [3.8, 4) is 0 Å². The van der Waals surface area contributed by atoms with Gasteiger partial charge in [-0.25, -0.2) is 9.37 Å². The summed E-state index contributed by atoms with van der Waals surface area (Å²) in [6, 6.07) is 0. The number of halogens is 1. The fraction of sp³-hybridized carbons (Fsp3) is 0.654. The lowest BCUT2D eigenvalue weighted by Crippen LogP contribution is -2.45. The summed E-state index contributed by atoms with van der Waals surface area (Å²) in [5, 5.41) is 24.0. The van der Waals surface area contributed by atoms with Crippen LogP contribution in [-0.2, 0) is 14.3 Å². The summed E-state index contributed by atoms with van der Waals surface area (Å²) >= 11 is 1.40. The molecule has 1 aliphatic rings. The molecule has 0 saturated heterocycles. The van der Waals surface area contributed by atoms with Crippen molar-refractivity contribution >= 4 is 29.2 Å². The Morgan fingerprint density at radius 3 is 2.56 bits per heavy atom. The van der Waals surface area contributed by atoms with E-state index in [-0.39, 0.29) is 18.1 Å². The van der Waals surface area contributed by atoms with Gasteiger partial charge in [0.1, 0.15) is 11.6 Å². The number of cyclic esters (lactones) is 1. The number of carbonyl (C=O) groups excluding carboxylic acids is 2. The van der Waals surface area contributed by atoms with Crippen LogP contribution in [0.4, 0.5) is 4.39 Å². The Morgan fingerprint density at radius 2 is 1.94 bits per heavy atom. The number of carbonyl (C=O) groups is 2. The third kappa shape index (κ3) is 7.55. The standard InChI is InChI=1S/C26H38FNO5S/c1-15-8-7-9-16(2)24(31)17(3)25(32)26(5,6)22(29)13-23(30)33-21(11-10-15)20(27)12-19-14-34-18(4)28-19/h10,12,14,16-17,21-22,24,29,31H,7-9,11,13H2,1-6H3/t16-,17+,21?,22-,24-/m0/s1. The Bertz CT molecular complexity index is 922. The molecule has 5 atom stereocenters. The lowest BCUT2D eigenvalue weighted by molar-refractivity contribution is -0.154. The summed E-state index contributed by atoms with van der Waals surface area (Å²) in [7, 11) is 0. The summed E-state index contributed by atoms with van der Waals surface area (Å²) in [6.45, 7) is 10.4. The summed E-state index contributed by atoms with van der Waals surface area (Å²) in [5.41, 5.74) is 0.198. The molecule has 0 radical (unpaired) electrons. The summed E-state index contributed by atoms with van der Waals surface area (Å²) in [4.78, 5) is 30.0. The quantitative estimate of drug-likeness (QED) is 0.434. The number of esters is 1. The molecule has 0 fully saturated rings. The second kappa shape index (κ2) is 12.2. The topological polar surface area (TPSA) is 96.7 Å². The van der Waals surface area contributed by atoms with Crippen LogP contribution in [0.5, 0.6) is 0 Å². The average Bonchev–Trinajstić information content (AvgIpc) is 3.18. The van der Waals surface area contributed by atoms with Crippen molar-refractivity contribution < 1.29 is 28.9 Å². The number of ether oxygens (including phenoxy) is 1. The molecule has 0 spiro atoms. The Labute approximate surface area is 205 Å². The third-order valence-corrected chi connectivity index (χ3v) is 7.54. The average molecular weight is 496 g/mol. The summed E-state index contributed by atoms with van der Waals surface area (Å²) < 4.78 is 20.5. The van der Waals surface area contributed by atoms with Gasteiger partial charge in [0.25, 0.3) is 0 Å². The fourth-order valence-corrected chi connectivity index (χ4v) is 4.77. The number of aromatic nitrogens is 1. The largest absolute Gasteiger partial charge is 0.455 e. The zero-order chi connectivity index (χ0) is 25.6. The Hall–Kier alpha value is -1.90. The predicted molar refractivity (Wildman–Crippen MR) is 132 cm³/mol. The monoisotopic (exact) mass is 495 g/mol. The van der Waals surface area contributed by atoms with Crippen LogP contribution in [-0.4, -0.2) is 45.3 Å². The number of aliphatic hydroxyl groups excluding tert-OH is 2. The normalized spacial score (nSPS) is 30.6. The van der Waals surface area contributed by atoms with Crippen LogP contribution < -0.4 is 0 Å². The molecule has 0 amide bonds. The smallest absolute Gasteiger partial charge is 0.309 e. The van der Waals surface area contributed by atoms with E-state index in [4.69, 9.17) is 4.74 Å².